The Morgan fingerprint density at radius 1 is 1.40 bits per heavy atom. The lowest BCUT2D eigenvalue weighted by molar-refractivity contribution is -0.391. The van der Waals surface area contributed by atoms with Crippen LogP contribution in [0.5, 0.6) is 0 Å². The molecular weight excluding hydrogens is 406 g/mol. The molecule has 0 N–H and O–H groups in total. The summed E-state index contributed by atoms with van der Waals surface area (Å²) in [4.78, 5) is 35.4. The Morgan fingerprint density at radius 3 is 2.73 bits per heavy atom. The number of fused-ring (bicyclic) bond motifs is 1. The lowest BCUT2D eigenvalue weighted by atomic mass is 10.0. The third-order valence-corrected chi connectivity index (χ3v) is 5.38. The minimum Gasteiger partial charge on any atom is -0.365 e. The molecule has 0 radical (unpaired) electrons. The molecule has 1 saturated heterocycles. The molecule has 3 rings (SSSR count). The smallest absolute Gasteiger partial charge is 0.365 e. The number of amides is 3. The van der Waals surface area contributed by atoms with Gasteiger partial charge in [-0.05, 0) is 40.1 Å². The molecule has 8 nitrogen and oxygen atoms in total. The number of carbonyl (C=O) groups excluding carboxylic acids is 2. The number of rotatable bonds is 4. The lowest BCUT2D eigenvalue weighted by Crippen LogP contribution is -2.56. The fourth-order valence-electron chi connectivity index (χ4n) is 4.01. The standard InChI is InChI=1S/C21H29ClN5O3/c1-6-19(28)25-7-8-26(15(3)10-25)20-17(9-14(2)22)18-13-30-12-16(11-24(4)5)27(18)21(29)23-20/h6,9,15H,1,7-8,10-13H2,2-5H3/q+1/b14-9+. The van der Waals surface area contributed by atoms with Crippen LogP contribution in [0.1, 0.15) is 13.8 Å². The first-order valence-electron chi connectivity index (χ1n) is 9.98. The monoisotopic (exact) mass is 434 g/mol. The van der Waals surface area contributed by atoms with E-state index in [0.29, 0.717) is 50.3 Å². The topological polar surface area (TPSA) is 68.5 Å². The van der Waals surface area contributed by atoms with E-state index in [-0.39, 0.29) is 18.0 Å². The van der Waals surface area contributed by atoms with Crippen LogP contribution in [0.25, 0.3) is 0 Å². The zero-order valence-electron chi connectivity index (χ0n) is 18.0. The van der Waals surface area contributed by atoms with Crippen molar-refractivity contribution in [1.29, 1.82) is 0 Å². The highest BCUT2D eigenvalue weighted by molar-refractivity contribution is 6.30. The molecule has 0 spiro atoms. The van der Waals surface area contributed by atoms with E-state index in [2.05, 4.69) is 16.5 Å². The van der Waals surface area contributed by atoms with Crippen LogP contribution < -0.4 is 0 Å². The summed E-state index contributed by atoms with van der Waals surface area (Å²) >= 11 is 6.25. The van der Waals surface area contributed by atoms with Crippen LogP contribution in [0.15, 0.2) is 40.0 Å². The first kappa shape index (κ1) is 22.4. The van der Waals surface area contributed by atoms with Crippen molar-refractivity contribution in [2.75, 3.05) is 53.5 Å². The summed E-state index contributed by atoms with van der Waals surface area (Å²) in [5, 5.41) is 0.590. The number of ether oxygens (including phenoxy) is 1. The van der Waals surface area contributed by atoms with Gasteiger partial charge in [0.1, 0.15) is 18.9 Å². The Balaban J connectivity index is 2.03. The fourth-order valence-corrected chi connectivity index (χ4v) is 4.12. The zero-order valence-corrected chi connectivity index (χ0v) is 18.8. The van der Waals surface area contributed by atoms with Gasteiger partial charge in [-0.2, -0.15) is 9.37 Å². The van der Waals surface area contributed by atoms with Crippen LogP contribution in [-0.2, 0) is 9.53 Å². The molecule has 3 amide bonds. The number of hydrogen-bond acceptors (Lipinski definition) is 5. The molecule has 1 atom stereocenters. The van der Waals surface area contributed by atoms with Crippen LogP contribution in [-0.4, -0.2) is 102 Å². The molecule has 3 aliphatic rings. The SMILES string of the molecule is C=CC(=O)N1CCN(C2=NC(=O)[N+]3=C(CN(C)C)COCC3=C2/C=C(\C)Cl)C(C)C1. The van der Waals surface area contributed by atoms with E-state index in [4.69, 9.17) is 16.3 Å². The maximum atomic E-state index is 13.1. The summed E-state index contributed by atoms with van der Waals surface area (Å²) in [7, 11) is 3.90. The van der Waals surface area contributed by atoms with Crippen molar-refractivity contribution in [3.63, 3.8) is 0 Å². The van der Waals surface area contributed by atoms with Crippen molar-refractivity contribution in [3.05, 3.63) is 35.0 Å². The summed E-state index contributed by atoms with van der Waals surface area (Å²) in [6.45, 7) is 10.3. The van der Waals surface area contributed by atoms with E-state index in [1.165, 1.54) is 6.08 Å². The van der Waals surface area contributed by atoms with Crippen LogP contribution >= 0.6 is 11.6 Å². The molecule has 0 aromatic carbocycles. The van der Waals surface area contributed by atoms with Gasteiger partial charge in [0.15, 0.2) is 5.70 Å². The van der Waals surface area contributed by atoms with Gasteiger partial charge < -0.3 is 19.4 Å². The highest BCUT2D eigenvalue weighted by atomic mass is 35.5. The summed E-state index contributed by atoms with van der Waals surface area (Å²) in [5.74, 6) is 0.493. The fraction of sp³-hybridized carbons (Fsp3) is 0.524. The van der Waals surface area contributed by atoms with Gasteiger partial charge in [-0.1, -0.05) is 18.2 Å². The molecule has 0 saturated carbocycles. The van der Waals surface area contributed by atoms with E-state index in [1.807, 2.05) is 32.0 Å². The number of urea groups is 1. The largest absolute Gasteiger partial charge is 0.546 e. The molecule has 0 bridgehead atoms. The molecule has 3 aliphatic heterocycles. The summed E-state index contributed by atoms with van der Waals surface area (Å²) in [6, 6.07) is -0.337. The van der Waals surface area contributed by atoms with Gasteiger partial charge >= 0.3 is 6.03 Å². The summed E-state index contributed by atoms with van der Waals surface area (Å²) < 4.78 is 7.48. The molecule has 30 heavy (non-hydrogen) atoms. The second-order valence-electron chi connectivity index (χ2n) is 7.97. The van der Waals surface area contributed by atoms with Gasteiger partial charge in [0.05, 0.1) is 12.1 Å². The Bertz CT molecular complexity index is 883. The van der Waals surface area contributed by atoms with Crippen molar-refractivity contribution < 1.29 is 18.9 Å². The number of piperazine rings is 1. The Hall–Kier alpha value is -2.29. The number of hydrogen-bond donors (Lipinski definition) is 0. The quantitative estimate of drug-likeness (QED) is 0.497. The van der Waals surface area contributed by atoms with E-state index in [1.54, 1.807) is 16.4 Å². The van der Waals surface area contributed by atoms with Gasteiger partial charge in [0, 0.05) is 35.7 Å². The number of halogens is 1. The van der Waals surface area contributed by atoms with Gasteiger partial charge in [0.2, 0.25) is 5.91 Å². The zero-order chi connectivity index (χ0) is 22.0. The molecular formula is C21H29ClN5O3+. The predicted molar refractivity (Wildman–Crippen MR) is 117 cm³/mol. The van der Waals surface area contributed by atoms with Crippen LogP contribution in [0, 0.1) is 0 Å². The number of aliphatic imine (C=N–C) groups is 1. The number of allylic oxidation sites excluding steroid dienone is 1. The molecule has 9 heteroatoms. The van der Waals surface area contributed by atoms with Crippen LogP contribution in [0.3, 0.4) is 0 Å². The van der Waals surface area contributed by atoms with Crippen molar-refractivity contribution in [2.45, 2.75) is 19.9 Å². The van der Waals surface area contributed by atoms with Gasteiger partial charge in [-0.25, -0.2) is 0 Å². The third kappa shape index (κ3) is 4.55. The maximum Gasteiger partial charge on any atom is 0.546 e. The lowest BCUT2D eigenvalue weighted by Gasteiger charge is -2.40. The van der Waals surface area contributed by atoms with Crippen LogP contribution in [0.2, 0.25) is 0 Å². The Labute approximate surface area is 182 Å². The maximum absolute atomic E-state index is 13.1. The molecule has 1 unspecified atom stereocenters. The Kier molecular flexibility index (Phi) is 6.90. The second-order valence-corrected chi connectivity index (χ2v) is 8.57. The third-order valence-electron chi connectivity index (χ3n) is 5.27. The van der Waals surface area contributed by atoms with Crippen molar-refractivity contribution in [3.8, 4) is 0 Å². The summed E-state index contributed by atoms with van der Waals surface area (Å²) in [6.07, 6.45) is 3.17. The van der Waals surface area contributed by atoms with Crippen LogP contribution in [0.4, 0.5) is 4.79 Å². The molecule has 162 valence electrons. The number of amidine groups is 1. The molecule has 1 fully saturated rings. The number of nitrogens with zero attached hydrogens (tertiary/aromatic N) is 5. The molecule has 0 aromatic rings. The van der Waals surface area contributed by atoms with Crippen molar-refractivity contribution >= 4 is 35.1 Å². The first-order chi connectivity index (χ1) is 14.2. The van der Waals surface area contributed by atoms with Crippen molar-refractivity contribution in [2.24, 2.45) is 4.99 Å². The minimum atomic E-state index is -0.318. The highest BCUT2D eigenvalue weighted by Crippen LogP contribution is 2.26. The normalized spacial score (nSPS) is 23.1. The minimum absolute atomic E-state index is 0.0184. The molecule has 0 aliphatic carbocycles. The van der Waals surface area contributed by atoms with Gasteiger partial charge in [-0.15, -0.1) is 0 Å². The molecule has 3 heterocycles. The van der Waals surface area contributed by atoms with Crippen molar-refractivity contribution in [1.82, 2.24) is 14.7 Å². The highest BCUT2D eigenvalue weighted by Gasteiger charge is 2.42. The van der Waals surface area contributed by atoms with E-state index < -0.39 is 0 Å². The average molecular weight is 435 g/mol. The molecule has 0 aromatic heterocycles. The van der Waals surface area contributed by atoms with Gasteiger partial charge in [0.25, 0.3) is 5.84 Å². The van der Waals surface area contributed by atoms with E-state index in [0.717, 1.165) is 17.0 Å². The van der Waals surface area contributed by atoms with E-state index >= 15 is 0 Å². The predicted octanol–water partition coefficient (Wildman–Crippen LogP) is 1.68. The van der Waals surface area contributed by atoms with E-state index in [9.17, 15) is 9.59 Å². The average Bonchev–Trinajstić information content (AvgIpc) is 2.68. The number of carbonyl (C=O) groups is 2. The van der Waals surface area contributed by atoms with Gasteiger partial charge in [-0.3, -0.25) is 4.79 Å². The Morgan fingerprint density at radius 2 is 2.13 bits per heavy atom. The first-order valence-corrected chi connectivity index (χ1v) is 10.4. The second kappa shape index (κ2) is 9.24. The summed E-state index contributed by atoms with van der Waals surface area (Å²) in [5.41, 5.74) is 2.39.